The van der Waals surface area contributed by atoms with Crippen molar-refractivity contribution in [1.82, 2.24) is 9.88 Å². The molecule has 1 aliphatic heterocycles. The molecule has 128 valence electrons. The van der Waals surface area contributed by atoms with Gasteiger partial charge < -0.3 is 4.74 Å². The van der Waals surface area contributed by atoms with Gasteiger partial charge in [0, 0.05) is 42.5 Å². The minimum Gasteiger partial charge on any atom is -0.493 e. The van der Waals surface area contributed by atoms with Gasteiger partial charge in [-0.2, -0.15) is 0 Å². The fourth-order valence-corrected chi connectivity index (χ4v) is 3.26. The number of benzene rings is 1. The predicted octanol–water partition coefficient (Wildman–Crippen LogP) is 4.04. The molecule has 0 N–H and O–H groups in total. The summed E-state index contributed by atoms with van der Waals surface area (Å²) in [6, 6.07) is 7.49. The monoisotopic (exact) mass is 332 g/mol. The molecule has 1 saturated heterocycles. The lowest BCUT2D eigenvalue weighted by Gasteiger charge is -2.40. The van der Waals surface area contributed by atoms with E-state index in [1.165, 1.54) is 12.1 Å². The van der Waals surface area contributed by atoms with E-state index in [4.69, 9.17) is 4.74 Å². The van der Waals surface area contributed by atoms with Gasteiger partial charge in [-0.3, -0.25) is 9.88 Å². The largest absolute Gasteiger partial charge is 0.493 e. The van der Waals surface area contributed by atoms with Crippen molar-refractivity contribution in [3.8, 4) is 5.75 Å². The third-order valence-corrected chi connectivity index (χ3v) is 4.51. The van der Waals surface area contributed by atoms with Crippen LogP contribution >= 0.6 is 0 Å². The highest BCUT2D eigenvalue weighted by Crippen LogP contribution is 2.31. The third-order valence-electron chi connectivity index (χ3n) is 4.51. The minimum absolute atomic E-state index is 0.0119. The fraction of sp³-hybridized carbons (Fsp3) is 0.421. The smallest absolute Gasteiger partial charge is 0.130 e. The van der Waals surface area contributed by atoms with Crippen LogP contribution in [0, 0.1) is 17.0 Å². The molecule has 2 aromatic rings. The molecule has 24 heavy (non-hydrogen) atoms. The maximum absolute atomic E-state index is 13.9. The topological polar surface area (TPSA) is 25.4 Å². The Kier molecular flexibility index (Phi) is 5.09. The van der Waals surface area contributed by atoms with Gasteiger partial charge in [0.25, 0.3) is 0 Å². The molecular formula is C19H22F2N2O. The average Bonchev–Trinajstić information content (AvgIpc) is 2.57. The van der Waals surface area contributed by atoms with E-state index < -0.39 is 11.6 Å². The van der Waals surface area contributed by atoms with Gasteiger partial charge in [-0.05, 0) is 37.6 Å². The molecule has 0 bridgehead atoms. The second-order valence-corrected chi connectivity index (χ2v) is 6.83. The lowest BCUT2D eigenvalue weighted by Crippen LogP contribution is -2.44. The summed E-state index contributed by atoms with van der Waals surface area (Å²) in [6.07, 6.45) is 5.53. The molecule has 0 aliphatic carbocycles. The van der Waals surface area contributed by atoms with E-state index >= 15 is 0 Å². The summed E-state index contributed by atoms with van der Waals surface area (Å²) in [7, 11) is 0. The van der Waals surface area contributed by atoms with E-state index in [1.54, 1.807) is 12.4 Å². The molecule has 1 fully saturated rings. The van der Waals surface area contributed by atoms with Crippen LogP contribution in [-0.4, -0.2) is 29.6 Å². The average molecular weight is 332 g/mol. The zero-order valence-corrected chi connectivity index (χ0v) is 13.8. The van der Waals surface area contributed by atoms with Crippen LogP contribution in [-0.2, 0) is 6.54 Å². The van der Waals surface area contributed by atoms with Gasteiger partial charge in [0.1, 0.15) is 17.4 Å². The lowest BCUT2D eigenvalue weighted by molar-refractivity contribution is 0.0517. The molecule has 3 rings (SSSR count). The molecule has 0 spiro atoms. The fourth-order valence-electron chi connectivity index (χ4n) is 3.26. The molecule has 1 aromatic heterocycles. The van der Waals surface area contributed by atoms with Gasteiger partial charge in [-0.15, -0.1) is 0 Å². The highest BCUT2D eigenvalue weighted by Gasteiger charge is 2.32. The summed E-state index contributed by atoms with van der Waals surface area (Å²) in [4.78, 5) is 6.20. The number of ether oxygens (including phenoxy) is 1. The van der Waals surface area contributed by atoms with E-state index in [0.717, 1.165) is 37.7 Å². The third kappa shape index (κ3) is 4.29. The number of aromatic nitrogens is 1. The first-order valence-corrected chi connectivity index (χ1v) is 8.23. The number of nitrogens with zero attached hydrogens (tertiary/aromatic N) is 2. The van der Waals surface area contributed by atoms with Crippen LogP contribution in [0.1, 0.15) is 25.3 Å². The number of likely N-dealkylation sites (tertiary alicyclic amines) is 1. The number of rotatable bonds is 5. The first-order valence-electron chi connectivity index (χ1n) is 8.23. The van der Waals surface area contributed by atoms with Gasteiger partial charge in [0.05, 0.1) is 6.61 Å². The number of hydrogen-bond acceptors (Lipinski definition) is 3. The Morgan fingerprint density at radius 1 is 1.21 bits per heavy atom. The summed E-state index contributed by atoms with van der Waals surface area (Å²) in [5.41, 5.74) is 0.550. The SMILES string of the molecule is CC1(COc2ccncc2)CCCN(Cc2ccc(F)cc2F)C1. The van der Waals surface area contributed by atoms with E-state index in [-0.39, 0.29) is 5.41 Å². The van der Waals surface area contributed by atoms with Crippen molar-refractivity contribution in [1.29, 1.82) is 0 Å². The highest BCUT2D eigenvalue weighted by molar-refractivity contribution is 5.19. The molecule has 3 nitrogen and oxygen atoms in total. The first-order chi connectivity index (χ1) is 11.5. The van der Waals surface area contributed by atoms with Gasteiger partial charge in [-0.1, -0.05) is 13.0 Å². The van der Waals surface area contributed by atoms with E-state index in [0.29, 0.717) is 18.7 Å². The molecule has 2 heterocycles. The van der Waals surface area contributed by atoms with Crippen LogP contribution in [0.5, 0.6) is 5.75 Å². The van der Waals surface area contributed by atoms with Crippen molar-refractivity contribution in [3.63, 3.8) is 0 Å². The van der Waals surface area contributed by atoms with Crippen molar-refractivity contribution in [2.24, 2.45) is 5.41 Å². The minimum atomic E-state index is -0.537. The molecule has 1 aromatic carbocycles. The van der Waals surface area contributed by atoms with Gasteiger partial charge in [0.15, 0.2) is 0 Å². The van der Waals surface area contributed by atoms with Crippen LogP contribution in [0.25, 0.3) is 0 Å². The number of pyridine rings is 1. The van der Waals surface area contributed by atoms with Crippen molar-refractivity contribution >= 4 is 0 Å². The Labute approximate surface area is 141 Å². The number of piperidine rings is 1. The Bertz CT molecular complexity index is 680. The molecule has 1 atom stereocenters. The normalized spacial score (nSPS) is 21.6. The van der Waals surface area contributed by atoms with Crippen molar-refractivity contribution < 1.29 is 13.5 Å². The molecule has 5 heteroatoms. The summed E-state index contributed by atoms with van der Waals surface area (Å²) >= 11 is 0. The summed E-state index contributed by atoms with van der Waals surface area (Å²) in [6.45, 7) is 5.05. The second-order valence-electron chi connectivity index (χ2n) is 6.83. The Morgan fingerprint density at radius 2 is 2.00 bits per heavy atom. The summed E-state index contributed by atoms with van der Waals surface area (Å²) < 4.78 is 32.8. The lowest BCUT2D eigenvalue weighted by atomic mass is 9.82. The quantitative estimate of drug-likeness (QED) is 0.826. The zero-order chi connectivity index (χ0) is 17.0. The Balaban J connectivity index is 1.60. The maximum Gasteiger partial charge on any atom is 0.130 e. The molecule has 1 aliphatic rings. The summed E-state index contributed by atoms with van der Waals surface area (Å²) in [5.74, 6) is -0.200. The summed E-state index contributed by atoms with van der Waals surface area (Å²) in [5, 5.41) is 0. The van der Waals surface area contributed by atoms with Gasteiger partial charge in [0.2, 0.25) is 0 Å². The maximum atomic E-state index is 13.9. The van der Waals surface area contributed by atoms with Crippen molar-refractivity contribution in [2.45, 2.75) is 26.3 Å². The van der Waals surface area contributed by atoms with Crippen LogP contribution in [0.3, 0.4) is 0 Å². The highest BCUT2D eigenvalue weighted by atomic mass is 19.1. The van der Waals surface area contributed by atoms with Crippen molar-refractivity contribution in [2.75, 3.05) is 19.7 Å². The number of hydrogen-bond donors (Lipinski definition) is 0. The molecule has 0 radical (unpaired) electrons. The predicted molar refractivity (Wildman–Crippen MR) is 88.7 cm³/mol. The van der Waals surface area contributed by atoms with E-state index in [2.05, 4.69) is 16.8 Å². The zero-order valence-electron chi connectivity index (χ0n) is 13.8. The van der Waals surface area contributed by atoms with Crippen LogP contribution in [0.15, 0.2) is 42.7 Å². The molecule has 0 saturated carbocycles. The second kappa shape index (κ2) is 7.26. The van der Waals surface area contributed by atoms with Gasteiger partial charge >= 0.3 is 0 Å². The first kappa shape index (κ1) is 16.8. The standard InChI is InChI=1S/C19H22F2N2O/c1-19(14-24-17-5-8-22-9-6-17)7-2-10-23(13-19)12-15-3-4-16(20)11-18(15)21/h3-6,8-9,11H,2,7,10,12-14H2,1H3. The Morgan fingerprint density at radius 3 is 2.75 bits per heavy atom. The van der Waals surface area contributed by atoms with Crippen LogP contribution < -0.4 is 4.74 Å². The molecule has 1 unspecified atom stereocenters. The molecule has 0 amide bonds. The van der Waals surface area contributed by atoms with Gasteiger partial charge in [-0.25, -0.2) is 8.78 Å². The van der Waals surface area contributed by atoms with Crippen LogP contribution in [0.2, 0.25) is 0 Å². The Hall–Kier alpha value is -2.01. The molecular weight excluding hydrogens is 310 g/mol. The number of halogens is 2. The van der Waals surface area contributed by atoms with Crippen LogP contribution in [0.4, 0.5) is 8.78 Å². The van der Waals surface area contributed by atoms with E-state index in [9.17, 15) is 8.78 Å². The van der Waals surface area contributed by atoms with E-state index in [1.807, 2.05) is 12.1 Å². The van der Waals surface area contributed by atoms with Crippen molar-refractivity contribution in [3.05, 3.63) is 59.9 Å².